The summed E-state index contributed by atoms with van der Waals surface area (Å²) in [6.45, 7) is 1.45. The number of nitro groups is 1. The number of carbonyl (C=O) groups excluding carboxylic acids is 1. The van der Waals surface area contributed by atoms with Crippen molar-refractivity contribution in [2.24, 2.45) is 5.10 Å². The molecule has 1 aromatic heterocycles. The summed E-state index contributed by atoms with van der Waals surface area (Å²) in [5.74, 6) is -0.195. The van der Waals surface area contributed by atoms with Crippen LogP contribution in [0.3, 0.4) is 0 Å². The van der Waals surface area contributed by atoms with Gasteiger partial charge in [-0.15, -0.1) is 0 Å². The summed E-state index contributed by atoms with van der Waals surface area (Å²) in [6, 6.07) is 11.7. The largest absolute Gasteiger partial charge is 0.273 e. The van der Waals surface area contributed by atoms with E-state index in [2.05, 4.69) is 15.1 Å². The number of nitro benzene ring substituents is 1. The molecule has 0 spiro atoms. The second kappa shape index (κ2) is 6.56. The van der Waals surface area contributed by atoms with Gasteiger partial charge in [-0.1, -0.05) is 18.2 Å². The third-order valence-electron chi connectivity index (χ3n) is 4.50. The molecule has 0 fully saturated rings. The minimum absolute atomic E-state index is 0.00555. The van der Waals surface area contributed by atoms with E-state index in [1.165, 1.54) is 24.1 Å². The molecule has 1 amide bonds. The number of benzene rings is 2. The number of aromatic nitrogens is 2. The maximum atomic E-state index is 12.1. The summed E-state index contributed by atoms with van der Waals surface area (Å²) in [7, 11) is 0. The van der Waals surface area contributed by atoms with Crippen LogP contribution in [0.5, 0.6) is 0 Å². The van der Waals surface area contributed by atoms with E-state index in [0.29, 0.717) is 17.7 Å². The third kappa shape index (κ3) is 3.12. The lowest BCUT2D eigenvalue weighted by molar-refractivity contribution is -0.384. The summed E-state index contributed by atoms with van der Waals surface area (Å²) >= 11 is 0. The molecule has 4 rings (SSSR count). The Balaban J connectivity index is 1.71. The molecule has 0 unspecified atom stereocenters. The quantitative estimate of drug-likeness (QED) is 0.526. The zero-order chi connectivity index (χ0) is 19.0. The average molecular weight is 361 g/mol. The Morgan fingerprint density at radius 2 is 1.93 bits per heavy atom. The van der Waals surface area contributed by atoms with Crippen molar-refractivity contribution in [1.82, 2.24) is 15.0 Å². The van der Waals surface area contributed by atoms with Crippen molar-refractivity contribution in [3.63, 3.8) is 0 Å². The first-order valence-corrected chi connectivity index (χ1v) is 8.36. The van der Waals surface area contributed by atoms with Crippen molar-refractivity contribution < 1.29 is 9.72 Å². The Morgan fingerprint density at radius 3 is 2.67 bits per heavy atom. The van der Waals surface area contributed by atoms with Gasteiger partial charge < -0.3 is 0 Å². The van der Waals surface area contributed by atoms with Crippen molar-refractivity contribution in [3.05, 3.63) is 76.1 Å². The average Bonchev–Trinajstić information content (AvgIpc) is 3.13. The van der Waals surface area contributed by atoms with Crippen LogP contribution in [0.1, 0.15) is 30.5 Å². The van der Waals surface area contributed by atoms with E-state index in [-0.39, 0.29) is 17.6 Å². The molecule has 0 saturated heterocycles. The van der Waals surface area contributed by atoms with E-state index < -0.39 is 4.92 Å². The number of hydrazone groups is 1. The van der Waals surface area contributed by atoms with Crippen LogP contribution < -0.4 is 0 Å². The summed E-state index contributed by atoms with van der Waals surface area (Å²) in [4.78, 5) is 31.3. The van der Waals surface area contributed by atoms with E-state index in [4.69, 9.17) is 0 Å². The van der Waals surface area contributed by atoms with E-state index in [9.17, 15) is 14.9 Å². The standard InChI is InChI=1S/C19H15N5O3/c1-12(25)23-19(14-5-6-16-18(10-14)21-8-7-20-16)11-17(22-23)13-3-2-4-15(9-13)24(26)27/h2-10,19H,11H2,1H3/t19-/m0/s1. The van der Waals surface area contributed by atoms with Gasteiger partial charge in [-0.2, -0.15) is 5.10 Å². The van der Waals surface area contributed by atoms with Gasteiger partial charge in [-0.05, 0) is 17.7 Å². The fraction of sp³-hybridized carbons (Fsp3) is 0.158. The molecular formula is C19H15N5O3. The van der Waals surface area contributed by atoms with E-state index in [1.54, 1.807) is 24.5 Å². The van der Waals surface area contributed by atoms with Crippen LogP contribution in [0.4, 0.5) is 5.69 Å². The van der Waals surface area contributed by atoms with Gasteiger partial charge in [0.25, 0.3) is 5.69 Å². The highest BCUT2D eigenvalue weighted by molar-refractivity contribution is 6.03. The van der Waals surface area contributed by atoms with Crippen molar-refractivity contribution in [2.45, 2.75) is 19.4 Å². The molecule has 0 N–H and O–H groups in total. The fourth-order valence-corrected chi connectivity index (χ4v) is 3.22. The topological polar surface area (TPSA) is 102 Å². The molecule has 8 nitrogen and oxygen atoms in total. The summed E-state index contributed by atoms with van der Waals surface area (Å²) in [5, 5.41) is 16.9. The normalized spacial score (nSPS) is 16.4. The number of rotatable bonds is 3. The molecule has 0 radical (unpaired) electrons. The zero-order valence-electron chi connectivity index (χ0n) is 14.4. The Bertz CT molecular complexity index is 1100. The molecule has 8 heteroatoms. The van der Waals surface area contributed by atoms with Crippen LogP contribution >= 0.6 is 0 Å². The van der Waals surface area contributed by atoms with Crippen LogP contribution in [0.25, 0.3) is 11.0 Å². The highest BCUT2D eigenvalue weighted by Crippen LogP contribution is 2.34. The van der Waals surface area contributed by atoms with Crippen LogP contribution in [0.15, 0.2) is 60.0 Å². The molecule has 0 saturated carbocycles. The minimum Gasteiger partial charge on any atom is -0.273 e. The Labute approximate surface area is 154 Å². The van der Waals surface area contributed by atoms with Crippen molar-refractivity contribution in [3.8, 4) is 0 Å². The van der Waals surface area contributed by atoms with E-state index in [0.717, 1.165) is 16.6 Å². The first kappa shape index (κ1) is 16.8. The molecule has 0 bridgehead atoms. The number of amides is 1. The third-order valence-corrected chi connectivity index (χ3v) is 4.50. The smallest absolute Gasteiger partial charge is 0.270 e. The molecule has 3 aromatic rings. The Hall–Kier alpha value is -3.68. The van der Waals surface area contributed by atoms with Gasteiger partial charge >= 0.3 is 0 Å². The lowest BCUT2D eigenvalue weighted by atomic mass is 9.97. The van der Waals surface area contributed by atoms with Crippen LogP contribution in [0, 0.1) is 10.1 Å². The van der Waals surface area contributed by atoms with Crippen molar-refractivity contribution in [2.75, 3.05) is 0 Å². The van der Waals surface area contributed by atoms with Gasteiger partial charge in [0.1, 0.15) is 0 Å². The lowest BCUT2D eigenvalue weighted by Crippen LogP contribution is -2.24. The molecule has 1 atom stereocenters. The number of hydrogen-bond donors (Lipinski definition) is 0. The van der Waals surface area contributed by atoms with E-state index in [1.807, 2.05) is 18.2 Å². The molecule has 1 aliphatic rings. The summed E-state index contributed by atoms with van der Waals surface area (Å²) < 4.78 is 0. The second-order valence-electron chi connectivity index (χ2n) is 6.24. The number of fused-ring (bicyclic) bond motifs is 1. The second-order valence-corrected chi connectivity index (χ2v) is 6.24. The number of hydrogen-bond acceptors (Lipinski definition) is 6. The molecule has 1 aliphatic heterocycles. The highest BCUT2D eigenvalue weighted by atomic mass is 16.6. The van der Waals surface area contributed by atoms with Crippen LogP contribution in [0.2, 0.25) is 0 Å². The summed E-state index contributed by atoms with van der Waals surface area (Å²) in [5.41, 5.74) is 3.67. The highest BCUT2D eigenvalue weighted by Gasteiger charge is 2.32. The van der Waals surface area contributed by atoms with Gasteiger partial charge in [-0.25, -0.2) is 5.01 Å². The fourth-order valence-electron chi connectivity index (χ4n) is 3.22. The summed E-state index contributed by atoms with van der Waals surface area (Å²) in [6.07, 6.45) is 3.71. The Kier molecular flexibility index (Phi) is 4.08. The molecule has 134 valence electrons. The number of nitrogens with zero attached hydrogens (tertiary/aromatic N) is 5. The molecular weight excluding hydrogens is 346 g/mol. The molecule has 27 heavy (non-hydrogen) atoms. The van der Waals surface area contributed by atoms with Crippen LogP contribution in [-0.4, -0.2) is 31.5 Å². The van der Waals surface area contributed by atoms with Gasteiger partial charge in [0, 0.05) is 43.4 Å². The van der Waals surface area contributed by atoms with Crippen LogP contribution in [-0.2, 0) is 4.79 Å². The number of carbonyl (C=O) groups is 1. The zero-order valence-corrected chi connectivity index (χ0v) is 14.4. The first-order chi connectivity index (χ1) is 13.0. The molecule has 2 heterocycles. The number of non-ortho nitro benzene ring substituents is 1. The first-order valence-electron chi connectivity index (χ1n) is 8.36. The lowest BCUT2D eigenvalue weighted by Gasteiger charge is -2.20. The Morgan fingerprint density at radius 1 is 1.15 bits per heavy atom. The minimum atomic E-state index is -0.443. The van der Waals surface area contributed by atoms with Crippen molar-refractivity contribution >= 4 is 28.3 Å². The monoisotopic (exact) mass is 361 g/mol. The van der Waals surface area contributed by atoms with Gasteiger partial charge in [0.05, 0.1) is 27.7 Å². The maximum Gasteiger partial charge on any atom is 0.270 e. The molecule has 2 aromatic carbocycles. The van der Waals surface area contributed by atoms with E-state index >= 15 is 0 Å². The van der Waals surface area contributed by atoms with Crippen molar-refractivity contribution in [1.29, 1.82) is 0 Å². The molecule has 0 aliphatic carbocycles. The predicted molar refractivity (Wildman–Crippen MR) is 99.0 cm³/mol. The predicted octanol–water partition coefficient (Wildman–Crippen LogP) is 3.24. The van der Waals surface area contributed by atoms with Gasteiger partial charge in [0.2, 0.25) is 5.91 Å². The maximum absolute atomic E-state index is 12.1. The van der Waals surface area contributed by atoms with Gasteiger partial charge in [-0.3, -0.25) is 24.9 Å². The van der Waals surface area contributed by atoms with Gasteiger partial charge in [0.15, 0.2) is 0 Å². The SMILES string of the molecule is CC(=O)N1N=C(c2cccc([N+](=O)[O-])c2)C[C@H]1c1ccc2nccnc2c1.